The van der Waals surface area contributed by atoms with Crippen LogP contribution in [0.1, 0.15) is 28.8 Å². The van der Waals surface area contributed by atoms with Gasteiger partial charge in [-0.05, 0) is 31.9 Å². The zero-order valence-corrected chi connectivity index (χ0v) is 10.1. The van der Waals surface area contributed by atoms with E-state index in [-0.39, 0.29) is 17.9 Å². The highest BCUT2D eigenvalue weighted by atomic mass is 16.5. The molecule has 18 heavy (non-hydrogen) atoms. The average Bonchev–Trinajstić information content (AvgIpc) is 2.35. The van der Waals surface area contributed by atoms with Gasteiger partial charge in [0.2, 0.25) is 5.91 Å². The second-order valence-corrected chi connectivity index (χ2v) is 4.61. The van der Waals surface area contributed by atoms with Crippen LogP contribution in [0.5, 0.6) is 0 Å². The number of hydrogen-bond donors (Lipinski definition) is 3. The van der Waals surface area contributed by atoms with Crippen molar-refractivity contribution in [2.45, 2.75) is 25.8 Å². The van der Waals surface area contributed by atoms with Crippen LogP contribution in [0.25, 0.3) is 0 Å². The fourth-order valence-electron chi connectivity index (χ4n) is 2.03. The lowest BCUT2D eigenvalue weighted by Crippen LogP contribution is -2.52. The van der Waals surface area contributed by atoms with Crippen LogP contribution in [-0.4, -0.2) is 23.1 Å². The Hall–Kier alpha value is -1.88. The van der Waals surface area contributed by atoms with Gasteiger partial charge in [-0.15, -0.1) is 0 Å². The first-order chi connectivity index (χ1) is 8.61. The molecule has 1 fully saturated rings. The molecule has 2 unspecified atom stereocenters. The molecule has 96 valence electrons. The van der Waals surface area contributed by atoms with Crippen molar-refractivity contribution < 1.29 is 14.8 Å². The fourth-order valence-corrected chi connectivity index (χ4v) is 2.03. The van der Waals surface area contributed by atoms with Crippen LogP contribution in [0.3, 0.4) is 0 Å². The molecular formula is C13H16N2O3. The monoisotopic (exact) mass is 248 g/mol. The number of aryl methyl sites for hydroxylation is 1. The molecule has 1 aliphatic carbocycles. The Morgan fingerprint density at radius 2 is 1.89 bits per heavy atom. The summed E-state index contributed by atoms with van der Waals surface area (Å²) in [6, 6.07) is 7.06. The van der Waals surface area contributed by atoms with E-state index in [9.17, 15) is 9.59 Å². The highest BCUT2D eigenvalue weighted by molar-refractivity contribution is 5.95. The van der Waals surface area contributed by atoms with Crippen molar-refractivity contribution in [3.8, 4) is 0 Å². The van der Waals surface area contributed by atoms with Crippen LogP contribution in [-0.2, 0) is 4.79 Å². The van der Waals surface area contributed by atoms with Crippen molar-refractivity contribution in [3.63, 3.8) is 0 Å². The summed E-state index contributed by atoms with van der Waals surface area (Å²) in [5.74, 6) is -0.949. The molecule has 0 bridgehead atoms. The van der Waals surface area contributed by atoms with E-state index in [4.69, 9.17) is 5.21 Å². The molecule has 2 rings (SSSR count). The predicted molar refractivity (Wildman–Crippen MR) is 65.1 cm³/mol. The van der Waals surface area contributed by atoms with Crippen LogP contribution < -0.4 is 10.8 Å². The van der Waals surface area contributed by atoms with E-state index in [0.717, 1.165) is 12.0 Å². The Morgan fingerprint density at radius 1 is 1.22 bits per heavy atom. The molecule has 0 saturated heterocycles. The highest BCUT2D eigenvalue weighted by Crippen LogP contribution is 2.27. The first-order valence-corrected chi connectivity index (χ1v) is 5.93. The Balaban J connectivity index is 1.96. The quantitative estimate of drug-likeness (QED) is 0.551. The van der Waals surface area contributed by atoms with Gasteiger partial charge in [-0.25, -0.2) is 5.48 Å². The lowest BCUT2D eigenvalue weighted by atomic mass is 9.79. The molecule has 0 spiro atoms. The van der Waals surface area contributed by atoms with E-state index in [1.807, 2.05) is 19.1 Å². The van der Waals surface area contributed by atoms with Gasteiger partial charge in [0.15, 0.2) is 0 Å². The number of carbonyl (C=O) groups excluding carboxylic acids is 2. The van der Waals surface area contributed by atoms with Crippen molar-refractivity contribution in [1.29, 1.82) is 0 Å². The Labute approximate surface area is 105 Å². The van der Waals surface area contributed by atoms with Crippen LogP contribution in [0.15, 0.2) is 24.3 Å². The first kappa shape index (κ1) is 12.6. The van der Waals surface area contributed by atoms with Gasteiger partial charge in [-0.1, -0.05) is 17.7 Å². The van der Waals surface area contributed by atoms with E-state index >= 15 is 0 Å². The lowest BCUT2D eigenvalue weighted by Gasteiger charge is -2.35. The molecule has 2 atom stereocenters. The second-order valence-electron chi connectivity index (χ2n) is 4.61. The molecule has 1 aromatic rings. The summed E-state index contributed by atoms with van der Waals surface area (Å²) >= 11 is 0. The molecule has 1 saturated carbocycles. The number of hydrogen-bond acceptors (Lipinski definition) is 3. The molecule has 1 aromatic carbocycles. The Kier molecular flexibility index (Phi) is 3.62. The van der Waals surface area contributed by atoms with E-state index in [1.54, 1.807) is 17.6 Å². The molecule has 0 aliphatic heterocycles. The van der Waals surface area contributed by atoms with Gasteiger partial charge in [0.1, 0.15) is 0 Å². The Bertz CT molecular complexity index is 456. The normalized spacial score (nSPS) is 21.9. The topological polar surface area (TPSA) is 78.4 Å². The fraction of sp³-hybridized carbons (Fsp3) is 0.385. The van der Waals surface area contributed by atoms with Gasteiger partial charge >= 0.3 is 0 Å². The van der Waals surface area contributed by atoms with Crippen LogP contribution >= 0.6 is 0 Å². The zero-order chi connectivity index (χ0) is 13.1. The SMILES string of the molecule is Cc1ccc(C(=O)NC2CCC2C(=O)NO)cc1. The molecule has 0 aromatic heterocycles. The van der Waals surface area contributed by atoms with Gasteiger partial charge in [-0.3, -0.25) is 14.8 Å². The third-order valence-electron chi connectivity index (χ3n) is 3.35. The number of hydroxylamine groups is 1. The Morgan fingerprint density at radius 3 is 2.39 bits per heavy atom. The van der Waals surface area contributed by atoms with Gasteiger partial charge in [0.05, 0.1) is 5.92 Å². The summed E-state index contributed by atoms with van der Waals surface area (Å²) in [5, 5.41) is 11.4. The van der Waals surface area contributed by atoms with Crippen LogP contribution in [0, 0.1) is 12.8 Å². The van der Waals surface area contributed by atoms with Crippen LogP contribution in [0.4, 0.5) is 0 Å². The first-order valence-electron chi connectivity index (χ1n) is 5.93. The molecule has 0 radical (unpaired) electrons. The van der Waals surface area contributed by atoms with E-state index < -0.39 is 5.91 Å². The number of rotatable bonds is 3. The van der Waals surface area contributed by atoms with Crippen molar-refractivity contribution in [2.24, 2.45) is 5.92 Å². The summed E-state index contributed by atoms with van der Waals surface area (Å²) < 4.78 is 0. The van der Waals surface area contributed by atoms with Crippen molar-refractivity contribution in [2.75, 3.05) is 0 Å². The summed E-state index contributed by atoms with van der Waals surface area (Å²) in [6.07, 6.45) is 1.45. The van der Waals surface area contributed by atoms with Gasteiger partial charge in [-0.2, -0.15) is 0 Å². The minimum absolute atomic E-state index is 0.185. The number of carbonyl (C=O) groups is 2. The smallest absolute Gasteiger partial charge is 0.251 e. The third kappa shape index (κ3) is 2.51. The summed E-state index contributed by atoms with van der Waals surface area (Å²) in [4.78, 5) is 23.2. The molecule has 0 heterocycles. The molecule has 3 N–H and O–H groups in total. The standard InChI is InChI=1S/C13H16N2O3/c1-8-2-4-9(5-3-8)12(16)14-11-7-6-10(11)13(17)15-18/h2-5,10-11,18H,6-7H2,1H3,(H,14,16)(H,15,17). The van der Waals surface area contributed by atoms with Crippen LogP contribution in [0.2, 0.25) is 0 Å². The molecular weight excluding hydrogens is 232 g/mol. The molecule has 5 heteroatoms. The largest absolute Gasteiger partial charge is 0.349 e. The maximum Gasteiger partial charge on any atom is 0.251 e. The summed E-state index contributed by atoms with van der Waals surface area (Å²) in [7, 11) is 0. The zero-order valence-electron chi connectivity index (χ0n) is 10.1. The van der Waals surface area contributed by atoms with Crippen molar-refractivity contribution in [1.82, 2.24) is 10.8 Å². The molecule has 5 nitrogen and oxygen atoms in total. The minimum atomic E-state index is -0.435. The molecule has 2 amide bonds. The van der Waals surface area contributed by atoms with E-state index in [1.165, 1.54) is 0 Å². The maximum absolute atomic E-state index is 11.9. The lowest BCUT2D eigenvalue weighted by molar-refractivity contribution is -0.137. The minimum Gasteiger partial charge on any atom is -0.349 e. The number of benzene rings is 1. The van der Waals surface area contributed by atoms with Crippen molar-refractivity contribution >= 4 is 11.8 Å². The number of amides is 2. The third-order valence-corrected chi connectivity index (χ3v) is 3.35. The van der Waals surface area contributed by atoms with Gasteiger partial charge in [0.25, 0.3) is 5.91 Å². The average molecular weight is 248 g/mol. The summed E-state index contributed by atoms with van der Waals surface area (Å²) in [5.41, 5.74) is 3.30. The van der Waals surface area contributed by atoms with E-state index in [0.29, 0.717) is 12.0 Å². The van der Waals surface area contributed by atoms with Crippen molar-refractivity contribution in [3.05, 3.63) is 35.4 Å². The van der Waals surface area contributed by atoms with Gasteiger partial charge in [0, 0.05) is 11.6 Å². The highest BCUT2D eigenvalue weighted by Gasteiger charge is 2.37. The molecule has 1 aliphatic rings. The number of nitrogens with one attached hydrogen (secondary N) is 2. The van der Waals surface area contributed by atoms with E-state index in [2.05, 4.69) is 5.32 Å². The predicted octanol–water partition coefficient (Wildman–Crippen LogP) is 1.01. The maximum atomic E-state index is 11.9. The second kappa shape index (κ2) is 5.18. The van der Waals surface area contributed by atoms with Gasteiger partial charge < -0.3 is 5.32 Å². The summed E-state index contributed by atoms with van der Waals surface area (Å²) in [6.45, 7) is 1.95.